The highest BCUT2D eigenvalue weighted by Gasteiger charge is 2.24. The number of amides is 1. The van der Waals surface area contributed by atoms with Crippen molar-refractivity contribution in [2.45, 2.75) is 0 Å². The average molecular weight is 381 g/mol. The number of ether oxygens (including phenoxy) is 1. The van der Waals surface area contributed by atoms with E-state index in [0.717, 1.165) is 25.2 Å². The number of carbonyl (C=O) groups is 1. The fourth-order valence-electron chi connectivity index (χ4n) is 3.18. The molecule has 146 valence electrons. The summed E-state index contributed by atoms with van der Waals surface area (Å²) in [6.45, 7) is 3.55. The molecule has 0 aliphatic carbocycles. The third-order valence-corrected chi connectivity index (χ3v) is 4.76. The molecule has 0 unspecified atom stereocenters. The molecule has 7 nitrogen and oxygen atoms in total. The SMILES string of the molecule is COc1ccc(C(=O)N2CCN(C/C=C/c3ccccc3)CC2)cc1[N+](=O)[O-]. The van der Waals surface area contributed by atoms with Crippen molar-refractivity contribution in [2.75, 3.05) is 39.8 Å². The van der Waals surface area contributed by atoms with E-state index < -0.39 is 4.92 Å². The van der Waals surface area contributed by atoms with Gasteiger partial charge in [-0.1, -0.05) is 42.5 Å². The molecule has 0 spiro atoms. The minimum Gasteiger partial charge on any atom is -0.490 e. The molecular formula is C21H23N3O4. The smallest absolute Gasteiger partial charge is 0.311 e. The molecule has 2 aromatic carbocycles. The van der Waals surface area contributed by atoms with Crippen molar-refractivity contribution < 1.29 is 14.5 Å². The van der Waals surface area contributed by atoms with Gasteiger partial charge >= 0.3 is 5.69 Å². The van der Waals surface area contributed by atoms with Crippen LogP contribution < -0.4 is 4.74 Å². The van der Waals surface area contributed by atoms with Crippen molar-refractivity contribution in [3.63, 3.8) is 0 Å². The Morgan fingerprint density at radius 1 is 1.14 bits per heavy atom. The van der Waals surface area contributed by atoms with Gasteiger partial charge in [0.1, 0.15) is 0 Å². The molecule has 3 rings (SSSR count). The van der Waals surface area contributed by atoms with E-state index in [1.807, 2.05) is 18.2 Å². The van der Waals surface area contributed by atoms with Crippen molar-refractivity contribution >= 4 is 17.7 Å². The van der Waals surface area contributed by atoms with Crippen molar-refractivity contribution in [1.82, 2.24) is 9.80 Å². The van der Waals surface area contributed by atoms with Crippen LogP contribution in [0.25, 0.3) is 6.08 Å². The Morgan fingerprint density at radius 2 is 1.86 bits per heavy atom. The fourth-order valence-corrected chi connectivity index (χ4v) is 3.18. The van der Waals surface area contributed by atoms with Gasteiger partial charge in [0.05, 0.1) is 12.0 Å². The van der Waals surface area contributed by atoms with Crippen LogP contribution in [0, 0.1) is 10.1 Å². The molecule has 0 aromatic heterocycles. The Bertz CT molecular complexity index is 859. The molecule has 7 heteroatoms. The van der Waals surface area contributed by atoms with Crippen LogP contribution in [-0.4, -0.2) is 60.5 Å². The van der Waals surface area contributed by atoms with Gasteiger partial charge in [-0.15, -0.1) is 0 Å². The van der Waals surface area contributed by atoms with E-state index in [1.165, 1.54) is 19.2 Å². The van der Waals surface area contributed by atoms with Crippen LogP contribution in [0.1, 0.15) is 15.9 Å². The summed E-state index contributed by atoms with van der Waals surface area (Å²) in [5.41, 5.74) is 1.28. The topological polar surface area (TPSA) is 75.9 Å². The molecule has 28 heavy (non-hydrogen) atoms. The van der Waals surface area contributed by atoms with E-state index in [0.29, 0.717) is 18.7 Å². The summed E-state index contributed by atoms with van der Waals surface area (Å²) >= 11 is 0. The van der Waals surface area contributed by atoms with Gasteiger partial charge in [-0.3, -0.25) is 19.8 Å². The Balaban J connectivity index is 1.56. The third kappa shape index (κ3) is 4.75. The van der Waals surface area contributed by atoms with Crippen LogP contribution >= 0.6 is 0 Å². The second-order valence-corrected chi connectivity index (χ2v) is 6.55. The molecule has 1 amide bonds. The van der Waals surface area contributed by atoms with Crippen LogP contribution in [0.2, 0.25) is 0 Å². The first-order valence-corrected chi connectivity index (χ1v) is 9.14. The lowest BCUT2D eigenvalue weighted by molar-refractivity contribution is -0.385. The lowest BCUT2D eigenvalue weighted by atomic mass is 10.1. The Hall–Kier alpha value is -3.19. The van der Waals surface area contributed by atoms with Crippen LogP contribution in [0.3, 0.4) is 0 Å². The minimum absolute atomic E-state index is 0.150. The Morgan fingerprint density at radius 3 is 2.50 bits per heavy atom. The van der Waals surface area contributed by atoms with E-state index in [1.54, 1.807) is 11.0 Å². The summed E-state index contributed by atoms with van der Waals surface area (Å²) in [4.78, 5) is 27.4. The summed E-state index contributed by atoms with van der Waals surface area (Å²) in [5, 5.41) is 11.2. The number of nitro groups is 1. The zero-order valence-corrected chi connectivity index (χ0v) is 15.8. The summed E-state index contributed by atoms with van der Waals surface area (Å²) in [6, 6.07) is 14.4. The molecule has 0 radical (unpaired) electrons. The predicted octanol–water partition coefficient (Wildman–Crippen LogP) is 3.07. The fraction of sp³-hybridized carbons (Fsp3) is 0.286. The van der Waals surface area contributed by atoms with Gasteiger partial charge in [-0.05, 0) is 17.7 Å². The maximum atomic E-state index is 12.7. The number of hydrogen-bond donors (Lipinski definition) is 0. The number of rotatable bonds is 6. The van der Waals surface area contributed by atoms with Crippen LogP contribution in [0.4, 0.5) is 5.69 Å². The minimum atomic E-state index is -0.535. The summed E-state index contributed by atoms with van der Waals surface area (Å²) in [6.07, 6.45) is 4.22. The highest BCUT2D eigenvalue weighted by Crippen LogP contribution is 2.28. The third-order valence-electron chi connectivity index (χ3n) is 4.76. The number of piperazine rings is 1. The zero-order valence-electron chi connectivity index (χ0n) is 15.8. The zero-order chi connectivity index (χ0) is 19.9. The number of hydrogen-bond acceptors (Lipinski definition) is 5. The van der Waals surface area contributed by atoms with Crippen molar-refractivity contribution in [2.24, 2.45) is 0 Å². The van der Waals surface area contributed by atoms with Gasteiger partial charge in [0.2, 0.25) is 0 Å². The molecule has 1 aliphatic heterocycles. The van der Waals surface area contributed by atoms with E-state index in [9.17, 15) is 14.9 Å². The average Bonchev–Trinajstić information content (AvgIpc) is 2.74. The van der Waals surface area contributed by atoms with Crippen molar-refractivity contribution in [3.8, 4) is 5.75 Å². The predicted molar refractivity (Wildman–Crippen MR) is 107 cm³/mol. The van der Waals surface area contributed by atoms with Crippen molar-refractivity contribution in [1.29, 1.82) is 0 Å². The van der Waals surface area contributed by atoms with Crippen LogP contribution in [0.15, 0.2) is 54.6 Å². The second kappa shape index (κ2) is 9.14. The molecular weight excluding hydrogens is 358 g/mol. The molecule has 0 N–H and O–H groups in total. The molecule has 1 aliphatic rings. The van der Waals surface area contributed by atoms with Gasteiger partial charge in [-0.25, -0.2) is 0 Å². The van der Waals surface area contributed by atoms with Crippen LogP contribution in [0.5, 0.6) is 5.75 Å². The lowest BCUT2D eigenvalue weighted by Crippen LogP contribution is -2.48. The first-order chi connectivity index (χ1) is 13.6. The normalized spacial score (nSPS) is 15.0. The monoisotopic (exact) mass is 381 g/mol. The van der Waals surface area contributed by atoms with Gasteiger partial charge in [0.25, 0.3) is 5.91 Å². The highest BCUT2D eigenvalue weighted by atomic mass is 16.6. The molecule has 0 bridgehead atoms. The Labute approximate surface area is 164 Å². The van der Waals surface area contributed by atoms with Crippen LogP contribution in [-0.2, 0) is 0 Å². The van der Waals surface area contributed by atoms with Gasteiger partial charge < -0.3 is 9.64 Å². The van der Waals surface area contributed by atoms with E-state index in [2.05, 4.69) is 29.2 Å². The first-order valence-electron chi connectivity index (χ1n) is 9.14. The Kier molecular flexibility index (Phi) is 6.39. The number of methoxy groups -OCH3 is 1. The number of nitro benzene ring substituents is 1. The molecule has 0 saturated carbocycles. The second-order valence-electron chi connectivity index (χ2n) is 6.55. The maximum absolute atomic E-state index is 12.7. The molecule has 0 atom stereocenters. The molecule has 1 fully saturated rings. The first kappa shape index (κ1) is 19.6. The summed E-state index contributed by atoms with van der Waals surface area (Å²) < 4.78 is 4.99. The van der Waals surface area contributed by atoms with E-state index >= 15 is 0 Å². The standard InChI is InChI=1S/C21H23N3O4/c1-28-20-10-9-18(16-19(20)24(26)27)21(25)23-14-12-22(13-15-23)11-5-8-17-6-3-2-4-7-17/h2-10,16H,11-15H2,1H3/b8-5+. The number of benzene rings is 2. The van der Waals surface area contributed by atoms with Gasteiger partial charge in [0, 0.05) is 44.4 Å². The largest absolute Gasteiger partial charge is 0.490 e. The molecule has 2 aromatic rings. The highest BCUT2D eigenvalue weighted by molar-refractivity contribution is 5.95. The summed E-state index contributed by atoms with van der Waals surface area (Å²) in [7, 11) is 1.37. The van der Waals surface area contributed by atoms with E-state index in [4.69, 9.17) is 4.74 Å². The maximum Gasteiger partial charge on any atom is 0.311 e. The molecule has 1 heterocycles. The van der Waals surface area contributed by atoms with Gasteiger partial charge in [-0.2, -0.15) is 0 Å². The number of nitrogens with zero attached hydrogens (tertiary/aromatic N) is 3. The molecule has 1 saturated heterocycles. The quantitative estimate of drug-likeness (QED) is 0.568. The number of carbonyl (C=O) groups excluding carboxylic acids is 1. The van der Waals surface area contributed by atoms with E-state index in [-0.39, 0.29) is 17.3 Å². The van der Waals surface area contributed by atoms with Gasteiger partial charge in [0.15, 0.2) is 5.75 Å². The van der Waals surface area contributed by atoms with Crippen molar-refractivity contribution in [3.05, 3.63) is 75.8 Å². The summed E-state index contributed by atoms with van der Waals surface area (Å²) in [5.74, 6) is -0.0400. The lowest BCUT2D eigenvalue weighted by Gasteiger charge is -2.34.